The van der Waals surface area contributed by atoms with Crippen LogP contribution in [0, 0.1) is 0 Å². The van der Waals surface area contributed by atoms with Gasteiger partial charge in [-0.2, -0.15) is 26.3 Å². The smallest absolute Gasteiger partial charge is 0.424 e. The highest BCUT2D eigenvalue weighted by Gasteiger charge is 2.39. The fourth-order valence-electron chi connectivity index (χ4n) is 5.15. The highest BCUT2D eigenvalue weighted by Crippen LogP contribution is 2.47. The molecule has 4 aromatic rings. The van der Waals surface area contributed by atoms with E-state index in [2.05, 4.69) is 32.1 Å². The van der Waals surface area contributed by atoms with Crippen LogP contribution in [0.3, 0.4) is 0 Å². The lowest BCUT2D eigenvalue weighted by atomic mass is 9.99. The molecule has 4 aromatic carbocycles. The van der Waals surface area contributed by atoms with Crippen LogP contribution in [0.1, 0.15) is 44.7 Å². The summed E-state index contributed by atoms with van der Waals surface area (Å²) in [5.74, 6) is -5.29. The molecule has 1 aliphatic carbocycles. The van der Waals surface area contributed by atoms with Crippen LogP contribution in [0.4, 0.5) is 35.9 Å². The molecule has 0 amide bonds. The molecule has 60 heavy (non-hydrogen) atoms. The predicted molar refractivity (Wildman–Crippen MR) is 189 cm³/mol. The molecule has 0 unspecified atom stereocenters. The number of esters is 4. The van der Waals surface area contributed by atoms with E-state index in [1.807, 2.05) is 6.92 Å². The fourth-order valence-corrected chi connectivity index (χ4v) is 5.15. The number of alkyl halides is 6. The standard InChI is InChI=1S/C40H26F6O14/c1-20-31-16-27(57-35(49)23-4-8-25(9-5-23)59-37(51)55-18-53-33(47)21(2)39(41,42)43)12-14-29(31)30-15-13-28(17-32(20)30)58-36(50)24-6-10-26(11-7-24)60-38(52)56-19-54-34(48)22(3)40(44,45)46/h4-17,20H,2-3,18-19H2,1H3. The lowest BCUT2D eigenvalue weighted by Gasteiger charge is -2.11. The quantitative estimate of drug-likeness (QED) is 0.0331. The maximum Gasteiger partial charge on any atom is 0.516 e. The number of hydrogen-bond acceptors (Lipinski definition) is 14. The number of hydrogen-bond donors (Lipinski definition) is 0. The fraction of sp³-hybridized carbons (Fsp3) is 0.150. The Labute approximate surface area is 333 Å². The molecule has 0 saturated carbocycles. The van der Waals surface area contributed by atoms with E-state index in [0.29, 0.717) is 0 Å². The van der Waals surface area contributed by atoms with Crippen molar-refractivity contribution in [3.05, 3.63) is 131 Å². The summed E-state index contributed by atoms with van der Waals surface area (Å²) in [4.78, 5) is 72.0. The molecule has 1 aliphatic rings. The van der Waals surface area contributed by atoms with Crippen LogP contribution in [0.15, 0.2) is 109 Å². The summed E-state index contributed by atoms with van der Waals surface area (Å²) >= 11 is 0. The van der Waals surface area contributed by atoms with Gasteiger partial charge in [0.25, 0.3) is 0 Å². The highest BCUT2D eigenvalue weighted by molar-refractivity contribution is 5.93. The Bertz CT molecular complexity index is 2200. The largest absolute Gasteiger partial charge is 0.516 e. The summed E-state index contributed by atoms with van der Waals surface area (Å²) < 4.78 is 113. The molecule has 312 valence electrons. The van der Waals surface area contributed by atoms with E-state index < -0.39 is 73.3 Å². The molecule has 0 saturated heterocycles. The Kier molecular flexibility index (Phi) is 13.0. The van der Waals surface area contributed by atoms with Crippen LogP contribution < -0.4 is 18.9 Å². The third-order valence-corrected chi connectivity index (χ3v) is 8.18. The van der Waals surface area contributed by atoms with Crippen molar-refractivity contribution >= 4 is 36.2 Å². The lowest BCUT2D eigenvalue weighted by Crippen LogP contribution is -2.23. The molecule has 0 N–H and O–H groups in total. The Balaban J connectivity index is 1.10. The van der Waals surface area contributed by atoms with Gasteiger partial charge in [-0.1, -0.05) is 32.2 Å². The summed E-state index contributed by atoms with van der Waals surface area (Å²) in [6, 6.07) is 19.9. The van der Waals surface area contributed by atoms with Crippen molar-refractivity contribution < 1.29 is 93.0 Å². The predicted octanol–water partition coefficient (Wildman–Crippen LogP) is 8.53. The maximum absolute atomic E-state index is 12.9. The van der Waals surface area contributed by atoms with Gasteiger partial charge in [-0.15, -0.1) is 0 Å². The van der Waals surface area contributed by atoms with E-state index >= 15 is 0 Å². The minimum absolute atomic E-state index is 0.0562. The number of halogens is 6. The van der Waals surface area contributed by atoms with E-state index in [-0.39, 0.29) is 40.0 Å². The van der Waals surface area contributed by atoms with Crippen LogP contribution in [0.2, 0.25) is 0 Å². The average molecular weight is 845 g/mol. The van der Waals surface area contributed by atoms with Crippen molar-refractivity contribution in [3.63, 3.8) is 0 Å². The van der Waals surface area contributed by atoms with Crippen molar-refractivity contribution in [1.29, 1.82) is 0 Å². The summed E-state index contributed by atoms with van der Waals surface area (Å²) in [6.07, 6.45) is -12.9. The number of fused-ring (bicyclic) bond motifs is 3. The molecule has 0 radical (unpaired) electrons. The third kappa shape index (κ3) is 10.8. The van der Waals surface area contributed by atoms with Crippen LogP contribution in [0.25, 0.3) is 11.1 Å². The SMILES string of the molecule is C=C(C(=O)OCOC(=O)Oc1ccc(C(=O)Oc2ccc3c(c2)C(C)c2cc(OC(=O)c4ccc(OC(=O)OCOC(=O)C(=C)C(F)(F)F)cc4)ccc2-3)cc1)C(F)(F)F. The topological polar surface area (TPSA) is 176 Å². The summed E-state index contributed by atoms with van der Waals surface area (Å²) in [5, 5.41) is 0. The number of carbonyl (C=O) groups excluding carboxylic acids is 6. The second-order valence-electron chi connectivity index (χ2n) is 12.1. The average Bonchev–Trinajstić information content (AvgIpc) is 3.46. The zero-order valence-electron chi connectivity index (χ0n) is 30.5. The Hall–Kier alpha value is -7.64. The zero-order valence-corrected chi connectivity index (χ0v) is 30.5. The first-order valence-corrected chi connectivity index (χ1v) is 16.7. The first-order valence-electron chi connectivity index (χ1n) is 16.7. The van der Waals surface area contributed by atoms with Crippen LogP contribution in [-0.2, 0) is 28.5 Å². The molecule has 14 nitrogen and oxygen atoms in total. The van der Waals surface area contributed by atoms with Gasteiger partial charge in [0.2, 0.25) is 13.6 Å². The van der Waals surface area contributed by atoms with Crippen LogP contribution >= 0.6 is 0 Å². The second kappa shape index (κ2) is 17.9. The summed E-state index contributed by atoms with van der Waals surface area (Å²) in [7, 11) is 0. The van der Waals surface area contributed by atoms with Gasteiger partial charge in [0.05, 0.1) is 11.1 Å². The molecule has 0 atom stereocenters. The molecular formula is C40H26F6O14. The van der Waals surface area contributed by atoms with Gasteiger partial charge in [-0.3, -0.25) is 0 Å². The van der Waals surface area contributed by atoms with E-state index in [0.717, 1.165) is 22.3 Å². The summed E-state index contributed by atoms with van der Waals surface area (Å²) in [6.45, 7) is 4.63. The monoisotopic (exact) mass is 844 g/mol. The molecule has 0 spiro atoms. The first-order chi connectivity index (χ1) is 28.2. The molecule has 0 aromatic heterocycles. The lowest BCUT2D eigenvalue weighted by molar-refractivity contribution is -0.160. The molecule has 0 fully saturated rings. The Morgan fingerprint density at radius 3 is 1.17 bits per heavy atom. The van der Waals surface area contributed by atoms with E-state index in [1.54, 1.807) is 36.4 Å². The molecular weight excluding hydrogens is 818 g/mol. The van der Waals surface area contributed by atoms with Crippen molar-refractivity contribution in [2.75, 3.05) is 13.6 Å². The van der Waals surface area contributed by atoms with Gasteiger partial charge >= 0.3 is 48.5 Å². The van der Waals surface area contributed by atoms with Crippen molar-refractivity contribution in [2.24, 2.45) is 0 Å². The summed E-state index contributed by atoms with van der Waals surface area (Å²) in [5.41, 5.74) is -0.204. The molecule has 0 bridgehead atoms. The second-order valence-corrected chi connectivity index (χ2v) is 12.1. The van der Waals surface area contributed by atoms with E-state index in [1.165, 1.54) is 48.5 Å². The minimum Gasteiger partial charge on any atom is -0.424 e. The Morgan fingerprint density at radius 1 is 0.500 bits per heavy atom. The van der Waals surface area contributed by atoms with Crippen LogP contribution in [0.5, 0.6) is 23.0 Å². The Morgan fingerprint density at radius 2 is 0.833 bits per heavy atom. The highest BCUT2D eigenvalue weighted by atomic mass is 19.4. The molecule has 20 heteroatoms. The first kappa shape index (κ1) is 43.5. The van der Waals surface area contributed by atoms with Gasteiger partial charge in [-0.25, -0.2) is 28.8 Å². The zero-order chi connectivity index (χ0) is 43.9. The van der Waals surface area contributed by atoms with Crippen molar-refractivity contribution in [1.82, 2.24) is 0 Å². The van der Waals surface area contributed by atoms with Crippen LogP contribution in [-0.4, -0.2) is 62.1 Å². The van der Waals surface area contributed by atoms with Gasteiger partial charge < -0.3 is 37.9 Å². The van der Waals surface area contributed by atoms with Gasteiger partial charge in [-0.05, 0) is 95.1 Å². The molecule has 0 aliphatic heterocycles. The van der Waals surface area contributed by atoms with Gasteiger partial charge in [0, 0.05) is 5.92 Å². The van der Waals surface area contributed by atoms with E-state index in [4.69, 9.17) is 18.9 Å². The normalized spacial score (nSPS) is 11.8. The number of rotatable bonds is 12. The number of benzene rings is 4. The van der Waals surface area contributed by atoms with Gasteiger partial charge in [0.15, 0.2) is 0 Å². The molecule has 5 rings (SSSR count). The van der Waals surface area contributed by atoms with Gasteiger partial charge in [0.1, 0.15) is 34.1 Å². The number of ether oxygens (including phenoxy) is 8. The van der Waals surface area contributed by atoms with Crippen molar-refractivity contribution in [3.8, 4) is 34.1 Å². The minimum atomic E-state index is -5.03. The maximum atomic E-state index is 12.9. The van der Waals surface area contributed by atoms with E-state index in [9.17, 15) is 55.1 Å². The molecule has 0 heterocycles. The number of carbonyl (C=O) groups is 6. The third-order valence-electron chi connectivity index (χ3n) is 8.18. The van der Waals surface area contributed by atoms with Crippen molar-refractivity contribution in [2.45, 2.75) is 25.2 Å².